The quantitative estimate of drug-likeness (QED) is 0.796. The predicted molar refractivity (Wildman–Crippen MR) is 79.8 cm³/mol. The van der Waals surface area contributed by atoms with Gasteiger partial charge in [-0.2, -0.15) is 0 Å². The van der Waals surface area contributed by atoms with Crippen LogP contribution in [0.5, 0.6) is 0 Å². The lowest BCUT2D eigenvalue weighted by Gasteiger charge is -2.38. The number of fused-ring (bicyclic) bond motifs is 1. The van der Waals surface area contributed by atoms with Crippen LogP contribution in [-0.4, -0.2) is 15.9 Å². The smallest absolute Gasteiger partial charge is 0.173 e. The van der Waals surface area contributed by atoms with E-state index >= 15 is 0 Å². The van der Waals surface area contributed by atoms with Crippen LogP contribution >= 0.6 is 11.6 Å². The van der Waals surface area contributed by atoms with Crippen LogP contribution in [0.2, 0.25) is 5.02 Å². The molecular weight excluding hydrogens is 274 g/mol. The molecule has 0 aliphatic carbocycles. The van der Waals surface area contributed by atoms with Crippen molar-refractivity contribution in [3.8, 4) is 0 Å². The van der Waals surface area contributed by atoms with E-state index in [9.17, 15) is 10.2 Å². The first kappa shape index (κ1) is 13.4. The Bertz CT molecular complexity index is 646. The Kier molecular flexibility index (Phi) is 3.01. The minimum Gasteiger partial charge on any atom is -0.375 e. The van der Waals surface area contributed by atoms with E-state index in [0.717, 1.165) is 0 Å². The highest BCUT2D eigenvalue weighted by Crippen LogP contribution is 2.50. The molecule has 1 aliphatic rings. The minimum absolute atomic E-state index is 0.352. The van der Waals surface area contributed by atoms with Crippen molar-refractivity contribution in [2.75, 3.05) is 5.32 Å². The molecule has 20 heavy (non-hydrogen) atoms. The first-order valence-electron chi connectivity index (χ1n) is 6.60. The van der Waals surface area contributed by atoms with E-state index in [2.05, 4.69) is 5.32 Å². The van der Waals surface area contributed by atoms with Gasteiger partial charge in [-0.05, 0) is 30.2 Å². The summed E-state index contributed by atoms with van der Waals surface area (Å²) in [5.41, 5.74) is -1.05. The van der Waals surface area contributed by atoms with Crippen molar-refractivity contribution in [3.63, 3.8) is 0 Å². The van der Waals surface area contributed by atoms with Gasteiger partial charge in [0.05, 0.1) is 0 Å². The number of hydrogen-bond donors (Lipinski definition) is 3. The molecule has 1 aliphatic heterocycles. The van der Waals surface area contributed by atoms with Gasteiger partial charge < -0.3 is 15.5 Å². The second kappa shape index (κ2) is 4.48. The Labute approximate surface area is 122 Å². The average molecular weight is 290 g/mol. The number of anilines is 1. The van der Waals surface area contributed by atoms with E-state index in [1.54, 1.807) is 30.3 Å². The Morgan fingerprint density at radius 1 is 1.10 bits per heavy atom. The topological polar surface area (TPSA) is 52.5 Å². The van der Waals surface area contributed by atoms with Crippen molar-refractivity contribution in [3.05, 3.63) is 64.7 Å². The van der Waals surface area contributed by atoms with Crippen molar-refractivity contribution < 1.29 is 10.2 Å². The molecule has 0 amide bonds. The summed E-state index contributed by atoms with van der Waals surface area (Å²) in [7, 11) is 0. The zero-order valence-electron chi connectivity index (χ0n) is 11.1. The Morgan fingerprint density at radius 2 is 1.80 bits per heavy atom. The van der Waals surface area contributed by atoms with Crippen LogP contribution in [0.3, 0.4) is 0 Å². The monoisotopic (exact) mass is 289 g/mol. The number of nitrogens with one attached hydrogen (secondary N) is 1. The molecular formula is C16H16ClNO2. The maximum atomic E-state index is 11.3. The summed E-state index contributed by atoms with van der Waals surface area (Å²) in [5, 5.41) is 25.7. The maximum Gasteiger partial charge on any atom is 0.173 e. The van der Waals surface area contributed by atoms with E-state index in [4.69, 9.17) is 11.6 Å². The zero-order chi connectivity index (χ0) is 14.4. The molecule has 3 nitrogen and oxygen atoms in total. The molecule has 104 valence electrons. The lowest BCUT2D eigenvalue weighted by atomic mass is 9.79. The number of aliphatic hydroxyl groups is 2. The molecule has 2 atom stereocenters. The van der Waals surface area contributed by atoms with E-state index in [-0.39, 0.29) is 0 Å². The van der Waals surface area contributed by atoms with Crippen LogP contribution in [0.15, 0.2) is 48.5 Å². The Balaban J connectivity index is 2.28. The van der Waals surface area contributed by atoms with Crippen LogP contribution in [0.1, 0.15) is 24.5 Å². The van der Waals surface area contributed by atoms with Gasteiger partial charge in [-0.1, -0.05) is 48.9 Å². The Morgan fingerprint density at radius 3 is 2.45 bits per heavy atom. The molecule has 0 radical (unpaired) electrons. The molecule has 0 aromatic heterocycles. The van der Waals surface area contributed by atoms with Crippen molar-refractivity contribution in [2.24, 2.45) is 0 Å². The van der Waals surface area contributed by atoms with E-state index in [0.29, 0.717) is 28.3 Å². The van der Waals surface area contributed by atoms with E-state index in [1.165, 1.54) is 0 Å². The SMILES string of the molecule is CCC1(O)Nc2ccc(Cl)cc2C1(O)c1ccccc1. The Hall–Kier alpha value is -1.55. The van der Waals surface area contributed by atoms with Crippen molar-refractivity contribution >= 4 is 17.3 Å². The molecule has 0 saturated carbocycles. The van der Waals surface area contributed by atoms with Crippen LogP contribution < -0.4 is 5.32 Å². The number of hydrogen-bond acceptors (Lipinski definition) is 3. The van der Waals surface area contributed by atoms with E-state index in [1.807, 2.05) is 25.1 Å². The average Bonchev–Trinajstić information content (AvgIpc) is 2.70. The summed E-state index contributed by atoms with van der Waals surface area (Å²) >= 11 is 6.05. The summed E-state index contributed by atoms with van der Waals surface area (Å²) in [6.45, 7) is 1.83. The van der Waals surface area contributed by atoms with Crippen molar-refractivity contribution in [1.29, 1.82) is 0 Å². The van der Waals surface area contributed by atoms with Gasteiger partial charge >= 0.3 is 0 Å². The molecule has 0 spiro atoms. The standard InChI is InChI=1S/C16H16ClNO2/c1-2-15(19)16(20,11-6-4-3-5-7-11)13-10-12(17)8-9-14(13)18-15/h3-10,18-20H,2H2,1H3. The van der Waals surface area contributed by atoms with Gasteiger partial charge in [0.2, 0.25) is 0 Å². The summed E-state index contributed by atoms with van der Waals surface area (Å²) in [6.07, 6.45) is 0.352. The van der Waals surface area contributed by atoms with Gasteiger partial charge in [-0.15, -0.1) is 0 Å². The second-order valence-electron chi connectivity index (χ2n) is 5.11. The molecule has 2 aromatic rings. The van der Waals surface area contributed by atoms with Gasteiger partial charge in [0.25, 0.3) is 0 Å². The molecule has 4 heteroatoms. The van der Waals surface area contributed by atoms with Gasteiger partial charge in [0, 0.05) is 16.3 Å². The van der Waals surface area contributed by atoms with Gasteiger partial charge in [0.1, 0.15) is 0 Å². The number of rotatable bonds is 2. The van der Waals surface area contributed by atoms with Crippen molar-refractivity contribution in [2.45, 2.75) is 24.7 Å². The summed E-state index contributed by atoms with van der Waals surface area (Å²) in [5.74, 6) is 0. The summed E-state index contributed by atoms with van der Waals surface area (Å²) in [6, 6.07) is 14.4. The molecule has 0 saturated heterocycles. The lowest BCUT2D eigenvalue weighted by molar-refractivity contribution is -0.107. The van der Waals surface area contributed by atoms with Crippen molar-refractivity contribution in [1.82, 2.24) is 0 Å². The molecule has 2 unspecified atom stereocenters. The fraction of sp³-hybridized carbons (Fsp3) is 0.250. The molecule has 3 N–H and O–H groups in total. The zero-order valence-corrected chi connectivity index (χ0v) is 11.9. The third-order valence-electron chi connectivity index (χ3n) is 4.01. The summed E-state index contributed by atoms with van der Waals surface area (Å²) in [4.78, 5) is 0. The van der Waals surface area contributed by atoms with Crippen LogP contribution in [-0.2, 0) is 5.60 Å². The number of benzene rings is 2. The fourth-order valence-corrected chi connectivity index (χ4v) is 3.05. The lowest BCUT2D eigenvalue weighted by Crippen LogP contribution is -2.52. The third-order valence-corrected chi connectivity index (χ3v) is 4.25. The molecule has 3 rings (SSSR count). The molecule has 2 aromatic carbocycles. The van der Waals surface area contributed by atoms with Crippen LogP contribution in [0, 0.1) is 0 Å². The summed E-state index contributed by atoms with van der Waals surface area (Å²) < 4.78 is 0. The van der Waals surface area contributed by atoms with Gasteiger partial charge in [-0.3, -0.25) is 0 Å². The van der Waals surface area contributed by atoms with Gasteiger partial charge in [0.15, 0.2) is 11.3 Å². The first-order valence-corrected chi connectivity index (χ1v) is 6.97. The first-order chi connectivity index (χ1) is 9.51. The second-order valence-corrected chi connectivity index (χ2v) is 5.54. The molecule has 0 fully saturated rings. The van der Waals surface area contributed by atoms with Crippen LogP contribution in [0.25, 0.3) is 0 Å². The molecule has 0 bridgehead atoms. The maximum absolute atomic E-state index is 11.3. The fourth-order valence-electron chi connectivity index (χ4n) is 2.88. The third kappa shape index (κ3) is 1.67. The minimum atomic E-state index is -1.52. The highest BCUT2D eigenvalue weighted by Gasteiger charge is 2.56. The van der Waals surface area contributed by atoms with Crippen LogP contribution in [0.4, 0.5) is 5.69 Å². The molecule has 1 heterocycles. The van der Waals surface area contributed by atoms with Gasteiger partial charge in [-0.25, -0.2) is 0 Å². The highest BCUT2D eigenvalue weighted by molar-refractivity contribution is 6.30. The largest absolute Gasteiger partial charge is 0.375 e. The predicted octanol–water partition coefficient (Wildman–Crippen LogP) is 3.10. The number of halogens is 1. The van der Waals surface area contributed by atoms with E-state index < -0.39 is 11.3 Å². The highest BCUT2D eigenvalue weighted by atomic mass is 35.5. The normalized spacial score (nSPS) is 28.0.